The van der Waals surface area contributed by atoms with Crippen molar-refractivity contribution in [3.8, 4) is 5.75 Å². The molecule has 6 heteroatoms. The van der Waals surface area contributed by atoms with Crippen molar-refractivity contribution in [3.05, 3.63) is 59.7 Å². The first-order chi connectivity index (χ1) is 15.2. The lowest BCUT2D eigenvalue weighted by molar-refractivity contribution is 0.0679. The monoisotopic (exact) mass is 423 g/mol. The van der Waals surface area contributed by atoms with Gasteiger partial charge in [0.05, 0.1) is 6.10 Å². The van der Waals surface area contributed by atoms with Crippen LogP contribution in [-0.2, 0) is 11.3 Å². The standard InChI is InChI=1S/C25H33N3O3/c1-2-27-13-15-28(16-14-27)18-20-5-9-22(10-6-20)26-25(29)21-7-11-23(12-8-21)31-19-24-4-3-17-30-24/h5-12,24H,2-4,13-19H2,1H3,(H,26,29). The number of ether oxygens (including phenoxy) is 2. The van der Waals surface area contributed by atoms with Gasteiger partial charge in [-0.3, -0.25) is 9.69 Å². The van der Waals surface area contributed by atoms with Crippen LogP contribution < -0.4 is 10.1 Å². The second-order valence-corrected chi connectivity index (χ2v) is 8.33. The van der Waals surface area contributed by atoms with Gasteiger partial charge in [0.2, 0.25) is 0 Å². The van der Waals surface area contributed by atoms with Gasteiger partial charge in [-0.2, -0.15) is 0 Å². The molecule has 2 saturated heterocycles. The number of nitrogens with one attached hydrogen (secondary N) is 1. The minimum absolute atomic E-state index is 0.117. The number of anilines is 1. The molecule has 1 N–H and O–H groups in total. The van der Waals surface area contributed by atoms with Gasteiger partial charge in [-0.25, -0.2) is 0 Å². The molecule has 1 amide bonds. The van der Waals surface area contributed by atoms with Crippen LogP contribution in [0.5, 0.6) is 5.75 Å². The Bertz CT molecular complexity index is 824. The number of rotatable bonds is 8. The molecule has 0 aliphatic carbocycles. The summed E-state index contributed by atoms with van der Waals surface area (Å²) < 4.78 is 11.3. The minimum atomic E-state index is -0.117. The van der Waals surface area contributed by atoms with E-state index in [0.717, 1.165) is 70.2 Å². The third kappa shape index (κ3) is 6.29. The van der Waals surface area contributed by atoms with Gasteiger partial charge >= 0.3 is 0 Å². The van der Waals surface area contributed by atoms with Gasteiger partial charge in [0.1, 0.15) is 12.4 Å². The Morgan fingerprint density at radius 1 is 1.03 bits per heavy atom. The van der Waals surface area contributed by atoms with Crippen molar-refractivity contribution in [2.45, 2.75) is 32.4 Å². The van der Waals surface area contributed by atoms with Crippen LogP contribution in [0.1, 0.15) is 35.7 Å². The Morgan fingerprint density at radius 2 is 1.74 bits per heavy atom. The molecule has 2 fully saturated rings. The van der Waals surface area contributed by atoms with E-state index in [1.54, 1.807) is 12.1 Å². The first-order valence-corrected chi connectivity index (χ1v) is 11.4. The van der Waals surface area contributed by atoms with Crippen molar-refractivity contribution in [1.82, 2.24) is 9.80 Å². The molecule has 2 aliphatic rings. The lowest BCUT2D eigenvalue weighted by Gasteiger charge is -2.34. The van der Waals surface area contributed by atoms with Crippen LogP contribution >= 0.6 is 0 Å². The summed E-state index contributed by atoms with van der Waals surface area (Å²) in [5.74, 6) is 0.644. The predicted molar refractivity (Wildman–Crippen MR) is 123 cm³/mol. The third-order valence-electron chi connectivity index (χ3n) is 6.11. The number of piperazine rings is 1. The maximum absolute atomic E-state index is 12.6. The zero-order valence-corrected chi connectivity index (χ0v) is 18.4. The van der Waals surface area contributed by atoms with Crippen molar-refractivity contribution in [2.75, 3.05) is 51.3 Å². The fourth-order valence-corrected chi connectivity index (χ4v) is 4.09. The van der Waals surface area contributed by atoms with Gasteiger partial charge < -0.3 is 19.7 Å². The summed E-state index contributed by atoms with van der Waals surface area (Å²) in [7, 11) is 0. The Kier molecular flexibility index (Phi) is 7.57. The molecule has 0 radical (unpaired) electrons. The average Bonchev–Trinajstić information content (AvgIpc) is 3.33. The summed E-state index contributed by atoms with van der Waals surface area (Å²) in [6.07, 6.45) is 2.34. The van der Waals surface area contributed by atoms with Gasteiger partial charge in [-0.15, -0.1) is 0 Å². The maximum Gasteiger partial charge on any atom is 0.255 e. The molecule has 2 aliphatic heterocycles. The second kappa shape index (κ2) is 10.8. The van der Waals surface area contributed by atoms with Crippen LogP contribution in [-0.4, -0.2) is 67.7 Å². The topological polar surface area (TPSA) is 54.0 Å². The summed E-state index contributed by atoms with van der Waals surface area (Å²) in [6, 6.07) is 15.4. The molecule has 1 atom stereocenters. The van der Waals surface area contributed by atoms with Crippen molar-refractivity contribution < 1.29 is 14.3 Å². The first kappa shape index (κ1) is 21.8. The fourth-order valence-electron chi connectivity index (χ4n) is 4.09. The Balaban J connectivity index is 1.24. The SMILES string of the molecule is CCN1CCN(Cc2ccc(NC(=O)c3ccc(OCC4CCCO4)cc3)cc2)CC1. The van der Waals surface area contributed by atoms with E-state index in [1.165, 1.54) is 5.56 Å². The van der Waals surface area contributed by atoms with Crippen molar-refractivity contribution in [2.24, 2.45) is 0 Å². The summed E-state index contributed by atoms with van der Waals surface area (Å²) >= 11 is 0. The fraction of sp³-hybridized carbons (Fsp3) is 0.480. The highest BCUT2D eigenvalue weighted by molar-refractivity contribution is 6.04. The van der Waals surface area contributed by atoms with E-state index in [-0.39, 0.29) is 12.0 Å². The van der Waals surface area contributed by atoms with Crippen LogP contribution in [0, 0.1) is 0 Å². The molecular formula is C25H33N3O3. The lowest BCUT2D eigenvalue weighted by atomic mass is 10.1. The molecule has 2 aromatic carbocycles. The quantitative estimate of drug-likeness (QED) is 0.703. The van der Waals surface area contributed by atoms with Gasteiger partial charge in [0.25, 0.3) is 5.91 Å². The van der Waals surface area contributed by atoms with Crippen molar-refractivity contribution in [3.63, 3.8) is 0 Å². The van der Waals surface area contributed by atoms with Gasteiger partial charge in [-0.05, 0) is 61.3 Å². The molecule has 2 aromatic rings. The number of hydrogen-bond acceptors (Lipinski definition) is 5. The molecule has 4 rings (SSSR count). The summed E-state index contributed by atoms with van der Waals surface area (Å²) in [6.45, 7) is 10.2. The maximum atomic E-state index is 12.6. The van der Waals surface area contributed by atoms with E-state index in [4.69, 9.17) is 9.47 Å². The number of amides is 1. The molecule has 0 aromatic heterocycles. The largest absolute Gasteiger partial charge is 0.491 e. The number of hydrogen-bond donors (Lipinski definition) is 1. The highest BCUT2D eigenvalue weighted by atomic mass is 16.5. The van der Waals surface area contributed by atoms with Gasteiger partial charge in [0, 0.05) is 50.6 Å². The Hall–Kier alpha value is -2.41. The molecule has 31 heavy (non-hydrogen) atoms. The first-order valence-electron chi connectivity index (χ1n) is 11.4. The van der Waals surface area contributed by atoms with Crippen molar-refractivity contribution in [1.29, 1.82) is 0 Å². The zero-order chi connectivity index (χ0) is 21.5. The number of carbonyl (C=O) groups is 1. The highest BCUT2D eigenvalue weighted by Gasteiger charge is 2.17. The van der Waals surface area contributed by atoms with Crippen LogP contribution in [0.3, 0.4) is 0 Å². The third-order valence-corrected chi connectivity index (χ3v) is 6.11. The molecule has 0 bridgehead atoms. The van der Waals surface area contributed by atoms with Gasteiger partial charge in [0.15, 0.2) is 0 Å². The summed E-state index contributed by atoms with van der Waals surface area (Å²) in [5.41, 5.74) is 2.70. The summed E-state index contributed by atoms with van der Waals surface area (Å²) in [5, 5.41) is 2.98. The van der Waals surface area contributed by atoms with E-state index in [2.05, 4.69) is 34.2 Å². The molecule has 6 nitrogen and oxygen atoms in total. The van der Waals surface area contributed by atoms with Crippen LogP contribution in [0.15, 0.2) is 48.5 Å². The van der Waals surface area contributed by atoms with Crippen LogP contribution in [0.4, 0.5) is 5.69 Å². The second-order valence-electron chi connectivity index (χ2n) is 8.33. The zero-order valence-electron chi connectivity index (χ0n) is 18.4. The number of likely N-dealkylation sites (N-methyl/N-ethyl adjacent to an activating group) is 1. The van der Waals surface area contributed by atoms with Crippen LogP contribution in [0.2, 0.25) is 0 Å². The summed E-state index contributed by atoms with van der Waals surface area (Å²) in [4.78, 5) is 17.5. The smallest absolute Gasteiger partial charge is 0.255 e. The van der Waals surface area contributed by atoms with Gasteiger partial charge in [-0.1, -0.05) is 19.1 Å². The minimum Gasteiger partial charge on any atom is -0.491 e. The molecule has 1 unspecified atom stereocenters. The number of carbonyl (C=O) groups excluding carboxylic acids is 1. The van der Waals surface area contributed by atoms with Crippen molar-refractivity contribution >= 4 is 11.6 Å². The number of benzene rings is 2. The average molecular weight is 424 g/mol. The Labute approximate surface area is 185 Å². The number of nitrogens with zero attached hydrogens (tertiary/aromatic N) is 2. The molecular weight excluding hydrogens is 390 g/mol. The van der Waals surface area contributed by atoms with E-state index < -0.39 is 0 Å². The lowest BCUT2D eigenvalue weighted by Crippen LogP contribution is -2.45. The predicted octanol–water partition coefficient (Wildman–Crippen LogP) is 3.63. The Morgan fingerprint density at radius 3 is 2.39 bits per heavy atom. The highest BCUT2D eigenvalue weighted by Crippen LogP contribution is 2.18. The molecule has 2 heterocycles. The van der Waals surface area contributed by atoms with E-state index in [0.29, 0.717) is 12.2 Å². The van der Waals surface area contributed by atoms with Crippen LogP contribution in [0.25, 0.3) is 0 Å². The molecule has 166 valence electrons. The normalized spacial score (nSPS) is 20.0. The van der Waals surface area contributed by atoms with E-state index in [9.17, 15) is 4.79 Å². The van der Waals surface area contributed by atoms with E-state index >= 15 is 0 Å². The van der Waals surface area contributed by atoms with E-state index in [1.807, 2.05) is 24.3 Å². The molecule has 0 spiro atoms. The molecule has 0 saturated carbocycles.